The molecule has 0 spiro atoms. The van der Waals surface area contributed by atoms with Gasteiger partial charge in [-0.25, -0.2) is 4.99 Å². The van der Waals surface area contributed by atoms with Gasteiger partial charge in [-0.3, -0.25) is 0 Å². The predicted molar refractivity (Wildman–Crippen MR) is 128 cm³/mol. The Morgan fingerprint density at radius 3 is 2.19 bits per heavy atom. The van der Waals surface area contributed by atoms with E-state index in [-0.39, 0.29) is 0 Å². The van der Waals surface area contributed by atoms with Gasteiger partial charge in [0.1, 0.15) is 11.5 Å². The summed E-state index contributed by atoms with van der Waals surface area (Å²) in [7, 11) is 6.59. The van der Waals surface area contributed by atoms with Gasteiger partial charge in [0.25, 0.3) is 0 Å². The molecule has 1 fully saturated rings. The van der Waals surface area contributed by atoms with Crippen LogP contribution in [0.5, 0.6) is 23.0 Å². The molecule has 0 unspecified atom stereocenters. The van der Waals surface area contributed by atoms with Crippen LogP contribution in [0.15, 0.2) is 41.4 Å². The van der Waals surface area contributed by atoms with Gasteiger partial charge < -0.3 is 34.1 Å². The number of hydrogen-bond acceptors (Lipinski definition) is 6. The summed E-state index contributed by atoms with van der Waals surface area (Å²) in [6, 6.07) is 12.0. The molecule has 1 heterocycles. The molecule has 32 heavy (non-hydrogen) atoms. The summed E-state index contributed by atoms with van der Waals surface area (Å²) in [4.78, 5) is 9.56. The fourth-order valence-corrected chi connectivity index (χ4v) is 3.79. The third-order valence-electron chi connectivity index (χ3n) is 5.52. The van der Waals surface area contributed by atoms with Gasteiger partial charge in [-0.05, 0) is 25.1 Å². The van der Waals surface area contributed by atoms with Crippen molar-refractivity contribution in [1.29, 1.82) is 0 Å². The van der Waals surface area contributed by atoms with E-state index in [4.69, 9.17) is 23.9 Å². The van der Waals surface area contributed by atoms with Crippen LogP contribution in [-0.4, -0.2) is 72.0 Å². The van der Waals surface area contributed by atoms with E-state index in [1.165, 1.54) is 5.69 Å². The van der Waals surface area contributed by atoms with Crippen molar-refractivity contribution in [2.75, 3.05) is 66.1 Å². The molecule has 1 aliphatic rings. The van der Waals surface area contributed by atoms with Crippen LogP contribution in [0.3, 0.4) is 0 Å². The van der Waals surface area contributed by atoms with E-state index in [1.54, 1.807) is 28.4 Å². The molecule has 1 aliphatic heterocycles. The number of anilines is 1. The van der Waals surface area contributed by atoms with Crippen LogP contribution in [0.25, 0.3) is 0 Å². The number of guanidine groups is 1. The minimum absolute atomic E-state index is 0.474. The highest BCUT2D eigenvalue weighted by molar-refractivity contribution is 5.80. The topological polar surface area (TPSA) is 67.8 Å². The number of aliphatic imine (C=N–C) groups is 1. The van der Waals surface area contributed by atoms with Crippen molar-refractivity contribution < 1.29 is 18.9 Å². The van der Waals surface area contributed by atoms with Crippen LogP contribution in [0.4, 0.5) is 5.69 Å². The Kier molecular flexibility index (Phi) is 8.30. The predicted octanol–water partition coefficient (Wildman–Crippen LogP) is 3.01. The molecule has 8 nitrogen and oxygen atoms in total. The Labute approximate surface area is 190 Å². The van der Waals surface area contributed by atoms with E-state index in [9.17, 15) is 0 Å². The number of methoxy groups -OCH3 is 4. The lowest BCUT2D eigenvalue weighted by molar-refractivity contribution is 0.347. The van der Waals surface area contributed by atoms with Crippen LogP contribution in [0.1, 0.15) is 12.5 Å². The maximum absolute atomic E-state index is 5.55. The van der Waals surface area contributed by atoms with E-state index < -0.39 is 0 Å². The van der Waals surface area contributed by atoms with Crippen molar-refractivity contribution in [3.8, 4) is 23.0 Å². The summed E-state index contributed by atoms with van der Waals surface area (Å²) < 4.78 is 21.7. The third-order valence-corrected chi connectivity index (χ3v) is 5.52. The molecule has 0 aliphatic carbocycles. The molecular weight excluding hydrogens is 408 g/mol. The minimum atomic E-state index is 0.474. The lowest BCUT2D eigenvalue weighted by atomic mass is 10.1. The van der Waals surface area contributed by atoms with Crippen LogP contribution in [0, 0.1) is 0 Å². The van der Waals surface area contributed by atoms with Gasteiger partial charge in [0.15, 0.2) is 17.5 Å². The van der Waals surface area contributed by atoms with Gasteiger partial charge in [-0.2, -0.15) is 0 Å². The molecule has 0 aromatic heterocycles. The molecular formula is C24H34N4O4. The second-order valence-electron chi connectivity index (χ2n) is 7.36. The zero-order valence-electron chi connectivity index (χ0n) is 19.7. The first-order valence-corrected chi connectivity index (χ1v) is 10.8. The molecule has 2 aromatic rings. The Hall–Kier alpha value is -3.29. The van der Waals surface area contributed by atoms with Crippen LogP contribution in [0.2, 0.25) is 0 Å². The van der Waals surface area contributed by atoms with Gasteiger partial charge in [-0.15, -0.1) is 0 Å². The number of ether oxygens (including phenoxy) is 4. The Bertz CT molecular complexity index is 911. The number of nitrogens with one attached hydrogen (secondary N) is 1. The van der Waals surface area contributed by atoms with E-state index >= 15 is 0 Å². The van der Waals surface area contributed by atoms with Gasteiger partial charge >= 0.3 is 0 Å². The largest absolute Gasteiger partial charge is 0.497 e. The van der Waals surface area contributed by atoms with Gasteiger partial charge in [-0.1, -0.05) is 6.07 Å². The first-order chi connectivity index (χ1) is 15.6. The molecule has 1 saturated heterocycles. The van der Waals surface area contributed by atoms with Crippen molar-refractivity contribution in [1.82, 2.24) is 10.2 Å². The molecule has 0 amide bonds. The molecule has 0 bridgehead atoms. The average Bonchev–Trinajstić information content (AvgIpc) is 2.86. The highest BCUT2D eigenvalue weighted by Crippen LogP contribution is 2.35. The van der Waals surface area contributed by atoms with E-state index in [0.29, 0.717) is 18.0 Å². The summed E-state index contributed by atoms with van der Waals surface area (Å²) in [6.45, 7) is 6.95. The fraction of sp³-hybridized carbons (Fsp3) is 0.458. The first-order valence-electron chi connectivity index (χ1n) is 10.8. The molecule has 0 atom stereocenters. The summed E-state index contributed by atoms with van der Waals surface area (Å²) in [5.41, 5.74) is 2.12. The summed E-state index contributed by atoms with van der Waals surface area (Å²) in [5.74, 6) is 3.80. The van der Waals surface area contributed by atoms with E-state index in [2.05, 4.69) is 34.2 Å². The normalized spacial score (nSPS) is 14.2. The molecule has 1 N–H and O–H groups in total. The monoisotopic (exact) mass is 442 g/mol. The van der Waals surface area contributed by atoms with Gasteiger partial charge in [0.05, 0.1) is 35.0 Å². The summed E-state index contributed by atoms with van der Waals surface area (Å²) in [5, 5.41) is 3.42. The molecule has 8 heteroatoms. The molecule has 2 aromatic carbocycles. The van der Waals surface area contributed by atoms with Crippen molar-refractivity contribution >= 4 is 11.6 Å². The van der Waals surface area contributed by atoms with Crippen LogP contribution >= 0.6 is 0 Å². The van der Waals surface area contributed by atoms with Crippen molar-refractivity contribution in [2.24, 2.45) is 4.99 Å². The maximum atomic E-state index is 5.55. The number of benzene rings is 2. The Balaban J connectivity index is 1.72. The van der Waals surface area contributed by atoms with Crippen LogP contribution < -0.4 is 29.2 Å². The van der Waals surface area contributed by atoms with Crippen LogP contribution in [-0.2, 0) is 6.54 Å². The van der Waals surface area contributed by atoms with Gasteiger partial charge in [0.2, 0.25) is 0 Å². The average molecular weight is 443 g/mol. The second-order valence-corrected chi connectivity index (χ2v) is 7.36. The molecule has 0 radical (unpaired) electrons. The third kappa shape index (κ3) is 5.49. The quantitative estimate of drug-likeness (QED) is 0.498. The smallest absolute Gasteiger partial charge is 0.194 e. The minimum Gasteiger partial charge on any atom is -0.497 e. The molecule has 3 rings (SSSR count). The number of rotatable bonds is 8. The van der Waals surface area contributed by atoms with E-state index in [1.807, 2.05) is 24.3 Å². The SMILES string of the molecule is CCNC(=NCc1cc(OC)c(OC)cc1OC)N1CCN(c2cccc(OC)c2)CC1. The summed E-state index contributed by atoms with van der Waals surface area (Å²) in [6.07, 6.45) is 0. The Morgan fingerprint density at radius 2 is 1.56 bits per heavy atom. The second kappa shape index (κ2) is 11.4. The molecule has 174 valence electrons. The number of hydrogen-bond donors (Lipinski definition) is 1. The molecule has 0 saturated carbocycles. The number of nitrogens with zero attached hydrogens (tertiary/aromatic N) is 3. The fourth-order valence-electron chi connectivity index (χ4n) is 3.79. The lowest BCUT2D eigenvalue weighted by Gasteiger charge is -2.37. The highest BCUT2D eigenvalue weighted by atomic mass is 16.5. The maximum Gasteiger partial charge on any atom is 0.194 e. The van der Waals surface area contributed by atoms with E-state index in [0.717, 1.165) is 55.7 Å². The van der Waals surface area contributed by atoms with Crippen molar-refractivity contribution in [3.05, 3.63) is 42.0 Å². The van der Waals surface area contributed by atoms with Gasteiger partial charge in [0, 0.05) is 56.1 Å². The highest BCUT2D eigenvalue weighted by Gasteiger charge is 2.20. The zero-order valence-corrected chi connectivity index (χ0v) is 19.7. The number of piperazine rings is 1. The summed E-state index contributed by atoms with van der Waals surface area (Å²) >= 11 is 0. The zero-order chi connectivity index (χ0) is 22.9. The van der Waals surface area contributed by atoms with Crippen molar-refractivity contribution in [2.45, 2.75) is 13.5 Å². The first kappa shape index (κ1) is 23.4. The lowest BCUT2D eigenvalue weighted by Crippen LogP contribution is -2.52. The standard InChI is InChI=1S/C24H34N4O4/c1-6-25-24(26-17-18-14-22(31-4)23(32-5)16-21(18)30-3)28-12-10-27(11-13-28)19-8-7-9-20(15-19)29-2/h7-9,14-16H,6,10-13,17H2,1-5H3,(H,25,26). The Morgan fingerprint density at radius 1 is 0.875 bits per heavy atom. The van der Waals surface area contributed by atoms with Crippen molar-refractivity contribution in [3.63, 3.8) is 0 Å².